The molecule has 0 spiro atoms. The fourth-order valence-corrected chi connectivity index (χ4v) is 4.12. The Morgan fingerprint density at radius 1 is 1.41 bits per heavy atom. The predicted octanol–water partition coefficient (Wildman–Crippen LogP) is 4.59. The van der Waals surface area contributed by atoms with Crippen LogP contribution in [0.1, 0.15) is 61.4 Å². The third kappa shape index (κ3) is 3.11. The molecule has 2 atom stereocenters. The summed E-state index contributed by atoms with van der Waals surface area (Å²) in [5, 5.41) is 3.81. The molecule has 1 aromatic heterocycles. The van der Waals surface area contributed by atoms with Crippen molar-refractivity contribution >= 4 is 11.3 Å². The monoisotopic (exact) mass is 251 g/mol. The van der Waals surface area contributed by atoms with Crippen molar-refractivity contribution in [3.05, 3.63) is 21.4 Å². The first-order valence-corrected chi connectivity index (χ1v) is 7.52. The highest BCUT2D eigenvalue weighted by Crippen LogP contribution is 2.38. The maximum absolute atomic E-state index is 3.81. The number of rotatable bonds is 3. The summed E-state index contributed by atoms with van der Waals surface area (Å²) in [6.45, 7) is 11.5. The van der Waals surface area contributed by atoms with Gasteiger partial charge in [-0.25, -0.2) is 0 Å². The maximum Gasteiger partial charge on any atom is 0.0305 e. The highest BCUT2D eigenvalue weighted by Gasteiger charge is 2.31. The highest BCUT2D eigenvalue weighted by molar-refractivity contribution is 7.12. The summed E-state index contributed by atoms with van der Waals surface area (Å²) in [7, 11) is 0. The molecule has 0 radical (unpaired) electrons. The highest BCUT2D eigenvalue weighted by atomic mass is 32.1. The van der Waals surface area contributed by atoms with Crippen molar-refractivity contribution < 1.29 is 0 Å². The van der Waals surface area contributed by atoms with Gasteiger partial charge in [-0.3, -0.25) is 0 Å². The van der Waals surface area contributed by atoms with Crippen molar-refractivity contribution in [1.82, 2.24) is 5.32 Å². The molecule has 2 rings (SSSR count). The van der Waals surface area contributed by atoms with Gasteiger partial charge in [-0.1, -0.05) is 13.8 Å². The standard InChI is InChI=1S/C15H25NS/c1-10-8-14(12(3)17-10)11(2)16-13-6-7-15(4,5)9-13/h8,11,13,16H,6-7,9H2,1-5H3. The number of thiophene rings is 1. The number of hydrogen-bond donors (Lipinski definition) is 1. The summed E-state index contributed by atoms with van der Waals surface area (Å²) >= 11 is 1.92. The first-order chi connectivity index (χ1) is 7.87. The molecule has 0 saturated heterocycles. The lowest BCUT2D eigenvalue weighted by Crippen LogP contribution is -2.30. The van der Waals surface area contributed by atoms with E-state index in [2.05, 4.69) is 46.0 Å². The van der Waals surface area contributed by atoms with Crippen molar-refractivity contribution in [3.8, 4) is 0 Å². The van der Waals surface area contributed by atoms with Crippen LogP contribution >= 0.6 is 11.3 Å². The van der Waals surface area contributed by atoms with Crippen molar-refractivity contribution in [2.45, 2.75) is 66.0 Å². The molecule has 1 aliphatic rings. The largest absolute Gasteiger partial charge is 0.307 e. The zero-order valence-electron chi connectivity index (χ0n) is 11.8. The van der Waals surface area contributed by atoms with Gasteiger partial charge in [0.15, 0.2) is 0 Å². The lowest BCUT2D eigenvalue weighted by atomic mass is 9.91. The first-order valence-electron chi connectivity index (χ1n) is 6.70. The Hall–Kier alpha value is -0.340. The van der Waals surface area contributed by atoms with Crippen LogP contribution in [0.25, 0.3) is 0 Å². The third-order valence-corrected chi connectivity index (χ3v) is 4.98. The molecular weight excluding hydrogens is 226 g/mol. The van der Waals surface area contributed by atoms with E-state index in [0.29, 0.717) is 17.5 Å². The summed E-state index contributed by atoms with van der Waals surface area (Å²) in [5.74, 6) is 0. The Labute approximate surface area is 110 Å². The minimum Gasteiger partial charge on any atom is -0.307 e. The smallest absolute Gasteiger partial charge is 0.0305 e. The van der Waals surface area contributed by atoms with Gasteiger partial charge < -0.3 is 5.32 Å². The van der Waals surface area contributed by atoms with E-state index in [-0.39, 0.29) is 0 Å². The fraction of sp³-hybridized carbons (Fsp3) is 0.733. The summed E-state index contributed by atoms with van der Waals surface area (Å²) in [6, 6.07) is 3.55. The van der Waals surface area contributed by atoms with E-state index in [1.165, 1.54) is 34.6 Å². The quantitative estimate of drug-likeness (QED) is 0.828. The third-order valence-electron chi connectivity index (χ3n) is 4.00. The Morgan fingerprint density at radius 2 is 2.12 bits per heavy atom. The van der Waals surface area contributed by atoms with Crippen LogP contribution in [0.4, 0.5) is 0 Å². The van der Waals surface area contributed by atoms with Crippen LogP contribution in [0, 0.1) is 19.3 Å². The molecule has 1 aromatic rings. The first kappa shape index (κ1) is 13.1. The Balaban J connectivity index is 1.98. The van der Waals surface area contributed by atoms with Crippen LogP contribution in [0.2, 0.25) is 0 Å². The summed E-state index contributed by atoms with van der Waals surface area (Å²) in [5.41, 5.74) is 2.04. The van der Waals surface area contributed by atoms with E-state index in [1.54, 1.807) is 0 Å². The van der Waals surface area contributed by atoms with Gasteiger partial charge >= 0.3 is 0 Å². The molecule has 1 nitrogen and oxygen atoms in total. The lowest BCUT2D eigenvalue weighted by Gasteiger charge is -2.22. The van der Waals surface area contributed by atoms with Gasteiger partial charge in [-0.05, 0) is 57.1 Å². The predicted molar refractivity (Wildman–Crippen MR) is 76.8 cm³/mol. The van der Waals surface area contributed by atoms with Crippen molar-refractivity contribution in [2.24, 2.45) is 5.41 Å². The molecule has 1 fully saturated rings. The summed E-state index contributed by atoms with van der Waals surface area (Å²) < 4.78 is 0. The van der Waals surface area contributed by atoms with Crippen molar-refractivity contribution in [1.29, 1.82) is 0 Å². The fourth-order valence-electron chi connectivity index (χ4n) is 3.10. The molecule has 0 aromatic carbocycles. The van der Waals surface area contributed by atoms with Crippen molar-refractivity contribution in [3.63, 3.8) is 0 Å². The van der Waals surface area contributed by atoms with E-state index in [9.17, 15) is 0 Å². The van der Waals surface area contributed by atoms with Gasteiger partial charge in [-0.2, -0.15) is 0 Å². The van der Waals surface area contributed by atoms with Crippen LogP contribution < -0.4 is 5.32 Å². The second kappa shape index (κ2) is 4.74. The topological polar surface area (TPSA) is 12.0 Å². The molecule has 1 aliphatic carbocycles. The molecule has 1 N–H and O–H groups in total. The minimum absolute atomic E-state index is 0.499. The van der Waals surface area contributed by atoms with Gasteiger partial charge in [0.2, 0.25) is 0 Å². The Morgan fingerprint density at radius 3 is 2.59 bits per heavy atom. The van der Waals surface area contributed by atoms with Gasteiger partial charge in [-0.15, -0.1) is 11.3 Å². The molecule has 96 valence electrons. The average Bonchev–Trinajstić information content (AvgIpc) is 2.69. The zero-order valence-corrected chi connectivity index (χ0v) is 12.6. The number of aryl methyl sites for hydroxylation is 2. The summed E-state index contributed by atoms with van der Waals surface area (Å²) in [6.07, 6.45) is 4.01. The van der Waals surface area contributed by atoms with Gasteiger partial charge in [0.1, 0.15) is 0 Å². The van der Waals surface area contributed by atoms with Crippen LogP contribution in [-0.2, 0) is 0 Å². The summed E-state index contributed by atoms with van der Waals surface area (Å²) in [4.78, 5) is 2.90. The molecule has 0 amide bonds. The van der Waals surface area contributed by atoms with E-state index in [0.717, 1.165) is 0 Å². The maximum atomic E-state index is 3.81. The van der Waals surface area contributed by atoms with Crippen LogP contribution in [0.15, 0.2) is 6.07 Å². The van der Waals surface area contributed by atoms with E-state index < -0.39 is 0 Å². The SMILES string of the molecule is Cc1cc(C(C)NC2CCC(C)(C)C2)c(C)s1. The molecule has 1 saturated carbocycles. The molecule has 0 bridgehead atoms. The Kier molecular flexibility index (Phi) is 3.65. The van der Waals surface area contributed by atoms with E-state index >= 15 is 0 Å². The molecule has 0 aliphatic heterocycles. The molecule has 2 heteroatoms. The van der Waals surface area contributed by atoms with Gasteiger partial charge in [0, 0.05) is 21.8 Å². The molecular formula is C15H25NS. The van der Waals surface area contributed by atoms with E-state index in [1.807, 2.05) is 11.3 Å². The lowest BCUT2D eigenvalue weighted by molar-refractivity contribution is 0.356. The molecule has 2 unspecified atom stereocenters. The second-order valence-corrected chi connectivity index (χ2v) is 7.82. The number of hydrogen-bond acceptors (Lipinski definition) is 2. The van der Waals surface area contributed by atoms with Crippen LogP contribution in [0.3, 0.4) is 0 Å². The number of nitrogens with one attached hydrogen (secondary N) is 1. The average molecular weight is 251 g/mol. The van der Waals surface area contributed by atoms with Gasteiger partial charge in [0.25, 0.3) is 0 Å². The molecule has 1 heterocycles. The zero-order chi connectivity index (χ0) is 12.6. The van der Waals surface area contributed by atoms with Crippen molar-refractivity contribution in [2.75, 3.05) is 0 Å². The normalized spacial score (nSPS) is 25.1. The molecule has 17 heavy (non-hydrogen) atoms. The second-order valence-electron chi connectivity index (χ2n) is 6.36. The Bertz CT molecular complexity index is 392. The van der Waals surface area contributed by atoms with Crippen LogP contribution in [-0.4, -0.2) is 6.04 Å². The minimum atomic E-state index is 0.499. The van der Waals surface area contributed by atoms with Gasteiger partial charge in [0.05, 0.1) is 0 Å². The van der Waals surface area contributed by atoms with Crippen LogP contribution in [0.5, 0.6) is 0 Å². The van der Waals surface area contributed by atoms with E-state index in [4.69, 9.17) is 0 Å².